The minimum atomic E-state index is -4.05. The highest BCUT2D eigenvalue weighted by Gasteiger charge is 2.43. The SMILES string of the molecule is CC(=O)NCCCS(=O)(=O)OC(CCCCOC(=O)Cc1ccccc1)C(C)(C)[C@@H](O)C(=O)O. The third-order valence-corrected chi connectivity index (χ3v) is 6.61. The molecule has 1 aromatic rings. The summed E-state index contributed by atoms with van der Waals surface area (Å²) in [5.74, 6) is -2.54. The average molecular weight is 502 g/mol. The number of aliphatic hydroxyl groups excluding tert-OH is 1. The number of esters is 1. The predicted octanol–water partition coefficient (Wildman–Crippen LogP) is 1.66. The molecular weight excluding hydrogens is 466 g/mol. The zero-order valence-electron chi connectivity index (χ0n) is 19.9. The summed E-state index contributed by atoms with van der Waals surface area (Å²) >= 11 is 0. The van der Waals surface area contributed by atoms with Gasteiger partial charge in [0.2, 0.25) is 5.91 Å². The maximum Gasteiger partial charge on any atom is 0.333 e. The van der Waals surface area contributed by atoms with E-state index in [1.807, 2.05) is 30.3 Å². The predicted molar refractivity (Wildman–Crippen MR) is 124 cm³/mol. The third kappa shape index (κ3) is 11.1. The van der Waals surface area contributed by atoms with E-state index in [4.69, 9.17) is 8.92 Å². The molecule has 0 aliphatic rings. The molecule has 0 fully saturated rings. The highest BCUT2D eigenvalue weighted by Crippen LogP contribution is 2.33. The van der Waals surface area contributed by atoms with Gasteiger partial charge in [0.25, 0.3) is 10.1 Å². The van der Waals surface area contributed by atoms with E-state index in [1.165, 1.54) is 20.8 Å². The molecule has 10 nitrogen and oxygen atoms in total. The summed E-state index contributed by atoms with van der Waals surface area (Å²) in [6, 6.07) is 9.12. The van der Waals surface area contributed by atoms with Gasteiger partial charge in [0.15, 0.2) is 6.10 Å². The van der Waals surface area contributed by atoms with Crippen molar-refractivity contribution in [1.29, 1.82) is 0 Å². The first-order valence-corrected chi connectivity index (χ1v) is 12.7. The first-order chi connectivity index (χ1) is 15.8. The maximum atomic E-state index is 12.4. The number of amides is 1. The molecule has 0 bridgehead atoms. The zero-order chi connectivity index (χ0) is 25.8. The van der Waals surface area contributed by atoms with E-state index >= 15 is 0 Å². The number of unbranched alkanes of at least 4 members (excludes halogenated alkanes) is 1. The van der Waals surface area contributed by atoms with Gasteiger partial charge >= 0.3 is 11.9 Å². The van der Waals surface area contributed by atoms with Crippen molar-refractivity contribution >= 4 is 28.0 Å². The summed E-state index contributed by atoms with van der Waals surface area (Å²) in [6.07, 6.45) is -1.81. The molecule has 0 aromatic heterocycles. The van der Waals surface area contributed by atoms with Gasteiger partial charge in [-0.2, -0.15) is 8.42 Å². The summed E-state index contributed by atoms with van der Waals surface area (Å²) in [7, 11) is -4.05. The summed E-state index contributed by atoms with van der Waals surface area (Å²) in [5.41, 5.74) is -0.588. The summed E-state index contributed by atoms with van der Waals surface area (Å²) in [5, 5.41) is 21.8. The van der Waals surface area contributed by atoms with Crippen LogP contribution in [0.4, 0.5) is 0 Å². The van der Waals surface area contributed by atoms with Gasteiger partial charge < -0.3 is 20.3 Å². The Bertz CT molecular complexity index is 900. The molecule has 0 saturated carbocycles. The van der Waals surface area contributed by atoms with Gasteiger partial charge in [0.05, 0.1) is 24.9 Å². The van der Waals surface area contributed by atoms with E-state index in [0.717, 1.165) is 5.56 Å². The van der Waals surface area contributed by atoms with Crippen LogP contribution in [0.25, 0.3) is 0 Å². The van der Waals surface area contributed by atoms with Crippen LogP contribution in [-0.4, -0.2) is 67.6 Å². The third-order valence-electron chi connectivity index (χ3n) is 5.29. The first-order valence-electron chi connectivity index (χ1n) is 11.1. The van der Waals surface area contributed by atoms with Crippen molar-refractivity contribution in [3.05, 3.63) is 35.9 Å². The Balaban J connectivity index is 2.64. The average Bonchev–Trinajstić information content (AvgIpc) is 2.75. The van der Waals surface area contributed by atoms with Crippen LogP contribution in [0.1, 0.15) is 52.0 Å². The minimum Gasteiger partial charge on any atom is -0.479 e. The molecule has 0 aliphatic carbocycles. The van der Waals surface area contributed by atoms with E-state index in [-0.39, 0.29) is 50.0 Å². The van der Waals surface area contributed by atoms with Crippen LogP contribution in [0.2, 0.25) is 0 Å². The highest BCUT2D eigenvalue weighted by molar-refractivity contribution is 7.86. The topological polar surface area (TPSA) is 156 Å². The molecule has 0 radical (unpaired) electrons. The fourth-order valence-corrected chi connectivity index (χ4v) is 4.50. The number of carboxylic acids is 1. The van der Waals surface area contributed by atoms with Crippen LogP contribution in [-0.2, 0) is 39.8 Å². The van der Waals surface area contributed by atoms with Crippen molar-refractivity contribution in [2.75, 3.05) is 18.9 Å². The van der Waals surface area contributed by atoms with Crippen LogP contribution in [0.15, 0.2) is 30.3 Å². The Morgan fingerprint density at radius 3 is 2.32 bits per heavy atom. The lowest BCUT2D eigenvalue weighted by Gasteiger charge is -2.35. The number of aliphatic carboxylic acids is 1. The normalized spacial score (nSPS) is 13.6. The molecule has 0 heterocycles. The molecule has 0 saturated heterocycles. The van der Waals surface area contributed by atoms with Gasteiger partial charge in [0.1, 0.15) is 0 Å². The number of hydrogen-bond acceptors (Lipinski definition) is 8. The van der Waals surface area contributed by atoms with Crippen molar-refractivity contribution in [2.45, 2.75) is 65.1 Å². The van der Waals surface area contributed by atoms with Gasteiger partial charge in [-0.3, -0.25) is 13.8 Å². The van der Waals surface area contributed by atoms with E-state index in [9.17, 15) is 33.0 Å². The zero-order valence-corrected chi connectivity index (χ0v) is 20.7. The molecule has 1 unspecified atom stereocenters. The number of ether oxygens (including phenoxy) is 1. The molecule has 1 aromatic carbocycles. The number of aliphatic hydroxyl groups is 1. The second-order valence-corrected chi connectivity index (χ2v) is 10.3. The molecule has 34 heavy (non-hydrogen) atoms. The number of rotatable bonds is 16. The molecule has 1 amide bonds. The lowest BCUT2D eigenvalue weighted by molar-refractivity contribution is -0.158. The quantitative estimate of drug-likeness (QED) is 0.174. The molecular formula is C23H35NO9S. The lowest BCUT2D eigenvalue weighted by atomic mass is 9.78. The number of carboxylic acid groups (broad SMARTS) is 1. The van der Waals surface area contributed by atoms with Crippen molar-refractivity contribution in [1.82, 2.24) is 5.32 Å². The number of carbonyl (C=O) groups is 3. The molecule has 1 rings (SSSR count). The van der Waals surface area contributed by atoms with E-state index in [1.54, 1.807) is 0 Å². The fraction of sp³-hybridized carbons (Fsp3) is 0.609. The lowest BCUT2D eigenvalue weighted by Crippen LogP contribution is -2.47. The summed E-state index contributed by atoms with van der Waals surface area (Å²) in [4.78, 5) is 34.2. The second kappa shape index (κ2) is 14.0. The molecule has 2 atom stereocenters. The standard InChI is InChI=1S/C23H35NO9S/c1-17(25)24-13-9-15-34(30,31)33-19(23(2,3)21(27)22(28)29)12-7-8-14-32-20(26)16-18-10-5-4-6-11-18/h4-6,10-11,19,21,27H,7-9,12-16H2,1-3H3,(H,24,25)(H,28,29)/t19?,21-/m0/s1. The van der Waals surface area contributed by atoms with E-state index in [0.29, 0.717) is 12.8 Å². The summed E-state index contributed by atoms with van der Waals surface area (Å²) < 4.78 is 35.4. The Morgan fingerprint density at radius 1 is 1.09 bits per heavy atom. The first kappa shape index (κ1) is 29.5. The van der Waals surface area contributed by atoms with Crippen LogP contribution in [0.5, 0.6) is 0 Å². The molecule has 3 N–H and O–H groups in total. The number of benzene rings is 1. The van der Waals surface area contributed by atoms with E-state index in [2.05, 4.69) is 5.32 Å². The molecule has 11 heteroatoms. The Morgan fingerprint density at radius 2 is 1.74 bits per heavy atom. The number of hydrogen-bond donors (Lipinski definition) is 3. The van der Waals surface area contributed by atoms with Gasteiger partial charge in [-0.15, -0.1) is 0 Å². The molecule has 0 spiro atoms. The Labute approximate surface area is 200 Å². The Hall–Kier alpha value is -2.50. The second-order valence-electron chi connectivity index (χ2n) is 8.62. The van der Waals surface area contributed by atoms with Gasteiger partial charge in [-0.05, 0) is 31.2 Å². The molecule has 0 aliphatic heterocycles. The largest absolute Gasteiger partial charge is 0.479 e. The number of carbonyl (C=O) groups excluding carboxylic acids is 2. The monoisotopic (exact) mass is 501 g/mol. The summed E-state index contributed by atoms with van der Waals surface area (Å²) in [6.45, 7) is 4.42. The van der Waals surface area contributed by atoms with Crippen molar-refractivity contribution in [3.63, 3.8) is 0 Å². The van der Waals surface area contributed by atoms with Crippen LogP contribution >= 0.6 is 0 Å². The van der Waals surface area contributed by atoms with Crippen molar-refractivity contribution < 1.29 is 41.9 Å². The van der Waals surface area contributed by atoms with Crippen LogP contribution in [0.3, 0.4) is 0 Å². The van der Waals surface area contributed by atoms with Gasteiger partial charge in [-0.25, -0.2) is 4.79 Å². The molecule has 192 valence electrons. The van der Waals surface area contributed by atoms with Crippen molar-refractivity contribution in [2.24, 2.45) is 5.41 Å². The van der Waals surface area contributed by atoms with E-state index < -0.39 is 33.7 Å². The van der Waals surface area contributed by atoms with Crippen molar-refractivity contribution in [3.8, 4) is 0 Å². The smallest absolute Gasteiger partial charge is 0.333 e. The Kier molecular flexibility index (Phi) is 12.2. The highest BCUT2D eigenvalue weighted by atomic mass is 32.2. The minimum absolute atomic E-state index is 0.115. The van der Waals surface area contributed by atoms with Crippen LogP contribution in [0, 0.1) is 5.41 Å². The van der Waals surface area contributed by atoms with Gasteiger partial charge in [-0.1, -0.05) is 44.2 Å². The van der Waals surface area contributed by atoms with Gasteiger partial charge in [0, 0.05) is 18.9 Å². The maximum absolute atomic E-state index is 12.4. The van der Waals surface area contributed by atoms with Crippen LogP contribution < -0.4 is 5.32 Å². The fourth-order valence-electron chi connectivity index (χ4n) is 3.21. The number of nitrogens with one attached hydrogen (secondary N) is 1.